The average Bonchev–Trinajstić information content (AvgIpc) is 3.07. The number of aliphatic hydroxyl groups is 1. The second-order valence-electron chi connectivity index (χ2n) is 7.55. The van der Waals surface area contributed by atoms with E-state index in [4.69, 9.17) is 4.42 Å². The predicted molar refractivity (Wildman–Crippen MR) is 95.6 cm³/mol. The highest BCUT2D eigenvalue weighted by Gasteiger charge is 2.23. The van der Waals surface area contributed by atoms with Crippen molar-refractivity contribution < 1.29 is 14.3 Å². The van der Waals surface area contributed by atoms with Crippen molar-refractivity contribution in [3.05, 3.63) is 29.7 Å². The van der Waals surface area contributed by atoms with Gasteiger partial charge < -0.3 is 14.8 Å². The van der Waals surface area contributed by atoms with Gasteiger partial charge in [-0.2, -0.15) is 0 Å². The summed E-state index contributed by atoms with van der Waals surface area (Å²) in [4.78, 5) is 17.1. The molecule has 4 rings (SSSR count). The van der Waals surface area contributed by atoms with Gasteiger partial charge in [0.25, 0.3) is 5.91 Å². The van der Waals surface area contributed by atoms with Crippen molar-refractivity contribution in [3.8, 4) is 0 Å². The summed E-state index contributed by atoms with van der Waals surface area (Å²) in [5, 5.41) is 12.7. The van der Waals surface area contributed by atoms with Gasteiger partial charge in [-0.1, -0.05) is 19.3 Å². The largest absolute Gasteiger partial charge is 0.440 e. The molecule has 0 atom stereocenters. The Morgan fingerprint density at radius 2 is 1.84 bits per heavy atom. The van der Waals surface area contributed by atoms with Crippen LogP contribution in [-0.4, -0.2) is 28.1 Å². The molecule has 5 heteroatoms. The van der Waals surface area contributed by atoms with E-state index < -0.39 is 0 Å². The highest BCUT2D eigenvalue weighted by atomic mass is 16.3. The molecule has 2 N–H and O–H groups in total. The topological polar surface area (TPSA) is 75.4 Å². The second-order valence-corrected chi connectivity index (χ2v) is 7.55. The molecule has 2 aliphatic rings. The molecular weight excluding hydrogens is 316 g/mol. The van der Waals surface area contributed by atoms with Crippen LogP contribution in [0.25, 0.3) is 11.1 Å². The Morgan fingerprint density at radius 1 is 1.08 bits per heavy atom. The first-order valence-electron chi connectivity index (χ1n) is 9.58. The number of carbonyl (C=O) groups excluding carboxylic acids is 1. The summed E-state index contributed by atoms with van der Waals surface area (Å²) in [6.45, 7) is 0. The maximum atomic E-state index is 12.5. The third kappa shape index (κ3) is 3.71. The van der Waals surface area contributed by atoms with Crippen LogP contribution >= 0.6 is 0 Å². The third-order valence-corrected chi connectivity index (χ3v) is 5.65. The van der Waals surface area contributed by atoms with E-state index in [0.717, 1.165) is 49.9 Å². The van der Waals surface area contributed by atoms with Gasteiger partial charge in [0.1, 0.15) is 5.52 Å². The SMILES string of the molecule is O=C(NC1CCC(O)CC1)c1ccc2nc(C3CCCCC3)oc2c1. The number of hydrogen-bond acceptors (Lipinski definition) is 4. The van der Waals surface area contributed by atoms with Gasteiger partial charge in [-0.15, -0.1) is 0 Å². The summed E-state index contributed by atoms with van der Waals surface area (Å²) in [7, 11) is 0. The van der Waals surface area contributed by atoms with Crippen molar-refractivity contribution in [2.24, 2.45) is 0 Å². The van der Waals surface area contributed by atoms with Gasteiger partial charge in [0.05, 0.1) is 6.10 Å². The van der Waals surface area contributed by atoms with Gasteiger partial charge in [-0.25, -0.2) is 4.98 Å². The molecule has 1 aromatic heterocycles. The Balaban J connectivity index is 1.47. The fourth-order valence-corrected chi connectivity index (χ4v) is 4.10. The van der Waals surface area contributed by atoms with Crippen molar-refractivity contribution >= 4 is 17.0 Å². The quantitative estimate of drug-likeness (QED) is 0.887. The van der Waals surface area contributed by atoms with Crippen LogP contribution < -0.4 is 5.32 Å². The smallest absolute Gasteiger partial charge is 0.251 e. The minimum absolute atomic E-state index is 0.0705. The molecule has 5 nitrogen and oxygen atoms in total. The molecule has 0 aliphatic heterocycles. The molecule has 134 valence electrons. The molecule has 2 aliphatic carbocycles. The number of aliphatic hydroxyl groups excluding tert-OH is 1. The first kappa shape index (κ1) is 16.6. The molecule has 0 saturated heterocycles. The Kier molecular flexibility index (Phi) is 4.75. The lowest BCUT2D eigenvalue weighted by Crippen LogP contribution is -2.38. The molecule has 1 heterocycles. The highest BCUT2D eigenvalue weighted by molar-refractivity contribution is 5.97. The Hall–Kier alpha value is -1.88. The first-order valence-corrected chi connectivity index (χ1v) is 9.58. The number of oxazole rings is 1. The van der Waals surface area contributed by atoms with Crippen LogP contribution in [0.4, 0.5) is 0 Å². The van der Waals surface area contributed by atoms with Crippen LogP contribution in [0.5, 0.6) is 0 Å². The molecule has 25 heavy (non-hydrogen) atoms. The van der Waals surface area contributed by atoms with E-state index in [0.29, 0.717) is 17.1 Å². The van der Waals surface area contributed by atoms with Crippen molar-refractivity contribution in [1.82, 2.24) is 10.3 Å². The summed E-state index contributed by atoms with van der Waals surface area (Å²) in [6.07, 6.45) is 9.07. The molecule has 2 saturated carbocycles. The molecule has 0 bridgehead atoms. The molecule has 2 fully saturated rings. The number of aromatic nitrogens is 1. The lowest BCUT2D eigenvalue weighted by molar-refractivity contribution is 0.0867. The number of benzene rings is 1. The predicted octanol–water partition coefficient (Wildman–Crippen LogP) is 3.91. The highest BCUT2D eigenvalue weighted by Crippen LogP contribution is 2.33. The van der Waals surface area contributed by atoms with Gasteiger partial charge in [-0.3, -0.25) is 4.79 Å². The van der Waals surface area contributed by atoms with Crippen molar-refractivity contribution in [1.29, 1.82) is 0 Å². The van der Waals surface area contributed by atoms with E-state index in [1.807, 2.05) is 18.2 Å². The van der Waals surface area contributed by atoms with E-state index in [1.54, 1.807) is 0 Å². The molecule has 1 amide bonds. The fraction of sp³-hybridized carbons (Fsp3) is 0.600. The lowest BCUT2D eigenvalue weighted by Gasteiger charge is -2.26. The first-order chi connectivity index (χ1) is 12.2. The summed E-state index contributed by atoms with van der Waals surface area (Å²) in [6, 6.07) is 5.66. The van der Waals surface area contributed by atoms with Crippen LogP contribution in [0.2, 0.25) is 0 Å². The third-order valence-electron chi connectivity index (χ3n) is 5.65. The number of rotatable bonds is 3. The van der Waals surface area contributed by atoms with Crippen LogP contribution in [0.1, 0.15) is 80.0 Å². The van der Waals surface area contributed by atoms with Crippen molar-refractivity contribution in [3.63, 3.8) is 0 Å². The minimum Gasteiger partial charge on any atom is -0.440 e. The molecule has 0 unspecified atom stereocenters. The number of nitrogens with zero attached hydrogens (tertiary/aromatic N) is 1. The van der Waals surface area contributed by atoms with Gasteiger partial charge in [0, 0.05) is 17.5 Å². The van der Waals surface area contributed by atoms with E-state index in [-0.39, 0.29) is 18.1 Å². The van der Waals surface area contributed by atoms with Crippen LogP contribution in [0.15, 0.2) is 22.6 Å². The minimum atomic E-state index is -0.211. The van der Waals surface area contributed by atoms with Gasteiger partial charge in [0.2, 0.25) is 0 Å². The van der Waals surface area contributed by atoms with Gasteiger partial charge in [-0.05, 0) is 56.7 Å². The molecule has 2 aromatic rings. The van der Waals surface area contributed by atoms with Crippen LogP contribution in [-0.2, 0) is 0 Å². The monoisotopic (exact) mass is 342 g/mol. The van der Waals surface area contributed by atoms with E-state index in [1.165, 1.54) is 19.3 Å². The number of nitrogens with one attached hydrogen (secondary N) is 1. The molecule has 1 aromatic carbocycles. The van der Waals surface area contributed by atoms with Gasteiger partial charge in [0.15, 0.2) is 11.5 Å². The standard InChI is InChI=1S/C20H26N2O3/c23-16-9-7-15(8-10-16)21-19(24)14-6-11-17-18(12-14)25-20(22-17)13-4-2-1-3-5-13/h6,11-13,15-16,23H,1-5,7-10H2,(H,21,24). The summed E-state index contributed by atoms with van der Waals surface area (Å²) in [5.41, 5.74) is 2.15. The Bertz CT molecular complexity index is 740. The number of amides is 1. The Labute approximate surface area is 147 Å². The Morgan fingerprint density at radius 3 is 2.60 bits per heavy atom. The van der Waals surface area contributed by atoms with E-state index in [2.05, 4.69) is 10.3 Å². The zero-order valence-corrected chi connectivity index (χ0v) is 14.5. The van der Waals surface area contributed by atoms with Crippen LogP contribution in [0.3, 0.4) is 0 Å². The summed E-state index contributed by atoms with van der Waals surface area (Å²) < 4.78 is 5.98. The second kappa shape index (κ2) is 7.16. The fourth-order valence-electron chi connectivity index (χ4n) is 4.10. The van der Waals surface area contributed by atoms with Gasteiger partial charge >= 0.3 is 0 Å². The summed E-state index contributed by atoms with van der Waals surface area (Å²) in [5.74, 6) is 1.18. The molecular formula is C20H26N2O3. The average molecular weight is 342 g/mol. The van der Waals surface area contributed by atoms with E-state index >= 15 is 0 Å². The molecule has 0 radical (unpaired) electrons. The maximum absolute atomic E-state index is 12.5. The van der Waals surface area contributed by atoms with Crippen LogP contribution in [0, 0.1) is 0 Å². The lowest BCUT2D eigenvalue weighted by atomic mass is 9.89. The molecule has 0 spiro atoms. The number of carbonyl (C=O) groups is 1. The zero-order chi connectivity index (χ0) is 17.2. The zero-order valence-electron chi connectivity index (χ0n) is 14.5. The maximum Gasteiger partial charge on any atom is 0.251 e. The summed E-state index contributed by atoms with van der Waals surface area (Å²) >= 11 is 0. The number of hydrogen-bond donors (Lipinski definition) is 2. The van der Waals surface area contributed by atoms with E-state index in [9.17, 15) is 9.90 Å². The normalized spacial score (nSPS) is 25.2. The van der Waals surface area contributed by atoms with Crippen molar-refractivity contribution in [2.45, 2.75) is 75.9 Å². The number of fused-ring (bicyclic) bond motifs is 1. The van der Waals surface area contributed by atoms with Crippen molar-refractivity contribution in [2.75, 3.05) is 0 Å².